The molecular weight excluding hydrogens is 268 g/mol. The fourth-order valence-electron chi connectivity index (χ4n) is 1.70. The highest BCUT2D eigenvalue weighted by molar-refractivity contribution is 9.10. The van der Waals surface area contributed by atoms with Crippen LogP contribution in [0, 0.1) is 16.7 Å². The second-order valence-electron chi connectivity index (χ2n) is 4.01. The smallest absolute Gasteiger partial charge is 0.244 e. The van der Waals surface area contributed by atoms with E-state index < -0.39 is 5.41 Å². The summed E-state index contributed by atoms with van der Waals surface area (Å²) in [6, 6.07) is 9.46. The summed E-state index contributed by atoms with van der Waals surface area (Å²) in [7, 11) is 0. The number of carbonyl (C=O) groups is 1. The summed E-state index contributed by atoms with van der Waals surface area (Å²) in [5.41, 5.74) is -0.0534. The molecule has 1 aromatic carbocycles. The summed E-state index contributed by atoms with van der Waals surface area (Å²) in [6.07, 6.45) is 2.30. The Labute approximate surface area is 103 Å². The predicted molar refractivity (Wildman–Crippen MR) is 64.7 cm³/mol. The first-order chi connectivity index (χ1) is 7.66. The van der Waals surface area contributed by atoms with Gasteiger partial charge in [0.05, 0.1) is 6.07 Å². The van der Waals surface area contributed by atoms with Crippen molar-refractivity contribution in [3.63, 3.8) is 0 Å². The van der Waals surface area contributed by atoms with Crippen LogP contribution in [0.2, 0.25) is 0 Å². The monoisotopic (exact) mass is 278 g/mol. The third-order valence-corrected chi connectivity index (χ3v) is 3.49. The summed E-state index contributed by atoms with van der Waals surface area (Å²) in [5.74, 6) is -0.177. The van der Waals surface area contributed by atoms with Gasteiger partial charge in [0.15, 0.2) is 0 Å². The standard InChI is InChI=1S/C12H11BrN2O/c13-9-2-4-10(5-3-9)15-11(16)12(8-14)6-1-7-12/h2-5H,1,6-7H2,(H,15,16). The molecule has 0 radical (unpaired) electrons. The molecule has 0 saturated heterocycles. The molecule has 82 valence electrons. The van der Waals surface area contributed by atoms with E-state index in [0.717, 1.165) is 16.6 Å². The Hall–Kier alpha value is -1.34. The molecule has 3 nitrogen and oxygen atoms in total. The zero-order chi connectivity index (χ0) is 11.6. The van der Waals surface area contributed by atoms with Crippen molar-refractivity contribution >= 4 is 27.5 Å². The maximum atomic E-state index is 11.9. The number of rotatable bonds is 2. The molecule has 0 atom stereocenters. The van der Waals surface area contributed by atoms with Gasteiger partial charge in [-0.15, -0.1) is 0 Å². The third-order valence-electron chi connectivity index (χ3n) is 2.96. The van der Waals surface area contributed by atoms with Crippen molar-refractivity contribution in [1.82, 2.24) is 0 Å². The molecule has 0 heterocycles. The molecule has 1 aromatic rings. The lowest BCUT2D eigenvalue weighted by molar-refractivity contribution is -0.126. The molecule has 1 aliphatic rings. The molecule has 1 aliphatic carbocycles. The molecular formula is C12H11BrN2O. The van der Waals surface area contributed by atoms with Gasteiger partial charge in [-0.05, 0) is 43.5 Å². The number of hydrogen-bond donors (Lipinski definition) is 1. The summed E-state index contributed by atoms with van der Waals surface area (Å²) >= 11 is 3.32. The van der Waals surface area contributed by atoms with Gasteiger partial charge in [0.25, 0.3) is 0 Å². The van der Waals surface area contributed by atoms with E-state index in [1.807, 2.05) is 24.3 Å². The summed E-state index contributed by atoms with van der Waals surface area (Å²) < 4.78 is 0.962. The number of nitriles is 1. The average Bonchev–Trinajstić information content (AvgIpc) is 2.21. The van der Waals surface area contributed by atoms with Gasteiger partial charge >= 0.3 is 0 Å². The molecule has 0 aliphatic heterocycles. The number of nitrogens with zero attached hydrogens (tertiary/aromatic N) is 1. The molecule has 4 heteroatoms. The van der Waals surface area contributed by atoms with Crippen molar-refractivity contribution in [3.05, 3.63) is 28.7 Å². The fraction of sp³-hybridized carbons (Fsp3) is 0.333. The van der Waals surface area contributed by atoms with Gasteiger partial charge in [-0.1, -0.05) is 15.9 Å². The minimum absolute atomic E-state index is 0.177. The van der Waals surface area contributed by atoms with Gasteiger partial charge in [-0.2, -0.15) is 5.26 Å². The van der Waals surface area contributed by atoms with Gasteiger partial charge in [0.1, 0.15) is 5.41 Å². The van der Waals surface area contributed by atoms with Crippen molar-refractivity contribution in [1.29, 1.82) is 5.26 Å². The lowest BCUT2D eigenvalue weighted by atomic mass is 9.69. The van der Waals surface area contributed by atoms with Crippen LogP contribution in [0.5, 0.6) is 0 Å². The van der Waals surface area contributed by atoms with Crippen molar-refractivity contribution in [3.8, 4) is 6.07 Å². The van der Waals surface area contributed by atoms with Crippen molar-refractivity contribution < 1.29 is 4.79 Å². The van der Waals surface area contributed by atoms with Crippen LogP contribution in [0.1, 0.15) is 19.3 Å². The number of anilines is 1. The SMILES string of the molecule is N#CC1(C(=O)Nc2ccc(Br)cc2)CCC1. The number of nitrogens with one attached hydrogen (secondary N) is 1. The molecule has 2 rings (SSSR count). The Morgan fingerprint density at radius 2 is 2.00 bits per heavy atom. The van der Waals surface area contributed by atoms with E-state index in [1.165, 1.54) is 0 Å². The molecule has 0 bridgehead atoms. The number of halogens is 1. The lowest BCUT2D eigenvalue weighted by Gasteiger charge is -2.33. The number of amides is 1. The van der Waals surface area contributed by atoms with Crippen LogP contribution in [-0.2, 0) is 4.79 Å². The Morgan fingerprint density at radius 3 is 2.44 bits per heavy atom. The van der Waals surface area contributed by atoms with Crippen LogP contribution in [0.15, 0.2) is 28.7 Å². The molecule has 1 saturated carbocycles. The van der Waals surface area contributed by atoms with E-state index in [1.54, 1.807) is 0 Å². The minimum atomic E-state index is -0.785. The van der Waals surface area contributed by atoms with E-state index in [0.29, 0.717) is 12.8 Å². The highest BCUT2D eigenvalue weighted by atomic mass is 79.9. The van der Waals surface area contributed by atoms with Crippen LogP contribution in [0.4, 0.5) is 5.69 Å². The van der Waals surface area contributed by atoms with E-state index in [-0.39, 0.29) is 5.91 Å². The van der Waals surface area contributed by atoms with Gasteiger partial charge in [0.2, 0.25) is 5.91 Å². The maximum Gasteiger partial charge on any atom is 0.244 e. The van der Waals surface area contributed by atoms with Crippen LogP contribution in [0.25, 0.3) is 0 Å². The van der Waals surface area contributed by atoms with E-state index in [9.17, 15) is 4.79 Å². The predicted octanol–water partition coefficient (Wildman–Crippen LogP) is 3.08. The minimum Gasteiger partial charge on any atom is -0.325 e. The van der Waals surface area contributed by atoms with E-state index >= 15 is 0 Å². The van der Waals surface area contributed by atoms with E-state index in [4.69, 9.17) is 5.26 Å². The topological polar surface area (TPSA) is 52.9 Å². The molecule has 1 N–H and O–H groups in total. The molecule has 0 unspecified atom stereocenters. The van der Waals surface area contributed by atoms with Crippen LogP contribution < -0.4 is 5.32 Å². The van der Waals surface area contributed by atoms with Crippen LogP contribution >= 0.6 is 15.9 Å². The van der Waals surface area contributed by atoms with Crippen LogP contribution in [0.3, 0.4) is 0 Å². The van der Waals surface area contributed by atoms with Crippen molar-refractivity contribution in [2.45, 2.75) is 19.3 Å². The Morgan fingerprint density at radius 1 is 1.38 bits per heavy atom. The first kappa shape index (κ1) is 11.2. The van der Waals surface area contributed by atoms with Gasteiger partial charge in [-0.25, -0.2) is 0 Å². The second kappa shape index (κ2) is 4.26. The summed E-state index contributed by atoms with van der Waals surface area (Å²) in [5, 5.41) is 11.8. The molecule has 0 aromatic heterocycles. The largest absolute Gasteiger partial charge is 0.325 e. The van der Waals surface area contributed by atoms with E-state index in [2.05, 4.69) is 27.3 Å². The Bertz CT molecular complexity index is 443. The first-order valence-electron chi connectivity index (χ1n) is 5.15. The lowest BCUT2D eigenvalue weighted by Crippen LogP contribution is -2.40. The van der Waals surface area contributed by atoms with Crippen molar-refractivity contribution in [2.75, 3.05) is 5.32 Å². The second-order valence-corrected chi connectivity index (χ2v) is 4.92. The number of hydrogen-bond acceptors (Lipinski definition) is 2. The number of carbonyl (C=O) groups excluding carboxylic acids is 1. The third kappa shape index (κ3) is 1.96. The molecule has 1 fully saturated rings. The van der Waals surface area contributed by atoms with Crippen molar-refractivity contribution in [2.24, 2.45) is 5.41 Å². The molecule has 16 heavy (non-hydrogen) atoms. The van der Waals surface area contributed by atoms with Gasteiger partial charge in [0, 0.05) is 10.2 Å². The number of benzene rings is 1. The summed E-state index contributed by atoms with van der Waals surface area (Å²) in [4.78, 5) is 11.9. The maximum absolute atomic E-state index is 11.9. The van der Waals surface area contributed by atoms with Gasteiger partial charge < -0.3 is 5.32 Å². The zero-order valence-corrected chi connectivity index (χ0v) is 10.3. The van der Waals surface area contributed by atoms with Crippen LogP contribution in [-0.4, -0.2) is 5.91 Å². The average molecular weight is 279 g/mol. The highest BCUT2D eigenvalue weighted by Crippen LogP contribution is 2.41. The molecule has 0 spiro atoms. The summed E-state index contributed by atoms with van der Waals surface area (Å²) in [6.45, 7) is 0. The first-order valence-corrected chi connectivity index (χ1v) is 5.94. The quantitative estimate of drug-likeness (QED) is 0.904. The molecule has 1 amide bonds. The fourth-order valence-corrected chi connectivity index (χ4v) is 1.97. The zero-order valence-electron chi connectivity index (χ0n) is 8.66. The Balaban J connectivity index is 2.08. The normalized spacial score (nSPS) is 17.0. The van der Waals surface area contributed by atoms with Gasteiger partial charge in [-0.3, -0.25) is 4.79 Å². The Kier molecular flexibility index (Phi) is 2.97. The highest BCUT2D eigenvalue weighted by Gasteiger charge is 2.44.